The van der Waals surface area contributed by atoms with Crippen LogP contribution in [0.5, 0.6) is 0 Å². The van der Waals surface area contributed by atoms with E-state index >= 15 is 0 Å². The highest BCUT2D eigenvalue weighted by atomic mass is 14.8. The molecule has 0 rings (SSSR count). The van der Waals surface area contributed by atoms with Gasteiger partial charge in [0.05, 0.1) is 0 Å². The molecule has 0 aliphatic carbocycles. The molecule has 1 nitrogen and oxygen atoms in total. The third kappa shape index (κ3) is 8.01. The van der Waals surface area contributed by atoms with E-state index in [-0.39, 0.29) is 0 Å². The van der Waals surface area contributed by atoms with Crippen LogP contribution in [-0.2, 0) is 0 Å². The maximum atomic E-state index is 4.67. The molecular formula is C12H25N. The summed E-state index contributed by atoms with van der Waals surface area (Å²) in [7, 11) is 0. The van der Waals surface area contributed by atoms with E-state index < -0.39 is 0 Å². The van der Waals surface area contributed by atoms with Crippen molar-refractivity contribution in [3.8, 4) is 0 Å². The van der Waals surface area contributed by atoms with Gasteiger partial charge in [-0.15, -0.1) is 0 Å². The molecule has 1 heteroatoms. The van der Waals surface area contributed by atoms with E-state index in [1.54, 1.807) is 0 Å². The summed E-state index contributed by atoms with van der Waals surface area (Å²) in [5.74, 6) is 1.47. The van der Waals surface area contributed by atoms with Crippen LogP contribution in [0.25, 0.3) is 0 Å². The van der Waals surface area contributed by atoms with Gasteiger partial charge < -0.3 is 0 Å². The van der Waals surface area contributed by atoms with Crippen molar-refractivity contribution >= 4 is 5.71 Å². The first-order valence-electron chi connectivity index (χ1n) is 5.47. The summed E-state index contributed by atoms with van der Waals surface area (Å²) in [4.78, 5) is 4.67. The molecule has 0 heterocycles. The summed E-state index contributed by atoms with van der Waals surface area (Å²) in [5.41, 5.74) is 1.40. The van der Waals surface area contributed by atoms with Crippen molar-refractivity contribution in [1.82, 2.24) is 0 Å². The zero-order chi connectivity index (χ0) is 10.4. The van der Waals surface area contributed by atoms with Gasteiger partial charge in [0, 0.05) is 11.8 Å². The van der Waals surface area contributed by atoms with Gasteiger partial charge in [0.1, 0.15) is 0 Å². The van der Waals surface area contributed by atoms with Gasteiger partial charge in [0.25, 0.3) is 0 Å². The molecule has 78 valence electrons. The Bertz CT molecular complexity index is 143. The summed E-state index contributed by atoms with van der Waals surface area (Å²) in [6.45, 7) is 13.3. The molecule has 0 unspecified atom stereocenters. The molecule has 0 aromatic heterocycles. The molecule has 0 radical (unpaired) electrons. The van der Waals surface area contributed by atoms with Crippen LogP contribution in [0, 0.1) is 11.8 Å². The van der Waals surface area contributed by atoms with Crippen LogP contribution in [0.4, 0.5) is 0 Å². The smallest absolute Gasteiger partial charge is 0.0442 e. The summed E-state index contributed by atoms with van der Waals surface area (Å²) in [6, 6.07) is 0.451. The van der Waals surface area contributed by atoms with E-state index in [1.807, 2.05) is 0 Å². The minimum absolute atomic E-state index is 0.451. The quantitative estimate of drug-likeness (QED) is 0.573. The summed E-state index contributed by atoms with van der Waals surface area (Å²) < 4.78 is 0. The van der Waals surface area contributed by atoms with Crippen molar-refractivity contribution in [2.75, 3.05) is 0 Å². The van der Waals surface area contributed by atoms with Crippen molar-refractivity contribution in [1.29, 1.82) is 0 Å². The van der Waals surface area contributed by atoms with Crippen molar-refractivity contribution in [3.63, 3.8) is 0 Å². The van der Waals surface area contributed by atoms with Crippen molar-refractivity contribution in [3.05, 3.63) is 0 Å². The zero-order valence-corrected chi connectivity index (χ0v) is 10.1. The van der Waals surface area contributed by atoms with Gasteiger partial charge >= 0.3 is 0 Å². The highest BCUT2D eigenvalue weighted by Crippen LogP contribution is 2.11. The lowest BCUT2D eigenvalue weighted by Gasteiger charge is -2.12. The number of aliphatic imine (C=N–C) groups is 1. The Kier molecular flexibility index (Phi) is 6.02. The molecule has 0 bridgehead atoms. The third-order valence-corrected chi connectivity index (χ3v) is 1.73. The Morgan fingerprint density at radius 2 is 1.23 bits per heavy atom. The van der Waals surface area contributed by atoms with Crippen LogP contribution < -0.4 is 0 Å². The maximum absolute atomic E-state index is 4.67. The van der Waals surface area contributed by atoms with E-state index in [4.69, 9.17) is 0 Å². The normalized spacial score (nSPS) is 11.5. The van der Waals surface area contributed by atoms with Gasteiger partial charge in [-0.1, -0.05) is 27.7 Å². The molecule has 0 amide bonds. The van der Waals surface area contributed by atoms with Crippen LogP contribution in [0.2, 0.25) is 0 Å². The lowest BCUT2D eigenvalue weighted by Crippen LogP contribution is -2.09. The molecular weight excluding hydrogens is 158 g/mol. The molecule has 0 N–H and O–H groups in total. The van der Waals surface area contributed by atoms with Crippen LogP contribution in [-0.4, -0.2) is 11.8 Å². The largest absolute Gasteiger partial charge is 0.291 e. The van der Waals surface area contributed by atoms with E-state index in [0.717, 1.165) is 24.7 Å². The second-order valence-corrected chi connectivity index (χ2v) is 4.99. The van der Waals surface area contributed by atoms with Crippen molar-refractivity contribution < 1.29 is 0 Å². The topological polar surface area (TPSA) is 12.4 Å². The first-order valence-corrected chi connectivity index (χ1v) is 5.47. The second-order valence-electron chi connectivity index (χ2n) is 4.99. The molecule has 0 saturated heterocycles. The summed E-state index contributed by atoms with van der Waals surface area (Å²) >= 11 is 0. The maximum Gasteiger partial charge on any atom is 0.0442 e. The van der Waals surface area contributed by atoms with Gasteiger partial charge in [-0.25, -0.2) is 0 Å². The molecule has 0 aliphatic heterocycles. The Morgan fingerprint density at radius 3 is 1.46 bits per heavy atom. The summed E-state index contributed by atoms with van der Waals surface area (Å²) in [5, 5.41) is 0. The van der Waals surface area contributed by atoms with E-state index in [1.165, 1.54) is 5.71 Å². The van der Waals surface area contributed by atoms with Gasteiger partial charge in [-0.05, 0) is 38.5 Å². The number of nitrogens with zero attached hydrogens (tertiary/aromatic N) is 1. The standard InChI is InChI=1S/C12H25N/c1-9(2)7-12(8-10(3)4)13-11(5)6/h9-11H,7-8H2,1-6H3. The zero-order valence-electron chi connectivity index (χ0n) is 10.1. The fraction of sp³-hybridized carbons (Fsp3) is 0.917. The lowest BCUT2D eigenvalue weighted by atomic mass is 9.98. The van der Waals surface area contributed by atoms with Crippen LogP contribution in [0.3, 0.4) is 0 Å². The average Bonchev–Trinajstić information content (AvgIpc) is 1.80. The second kappa shape index (κ2) is 6.17. The first kappa shape index (κ1) is 12.7. The van der Waals surface area contributed by atoms with Gasteiger partial charge in [0.2, 0.25) is 0 Å². The van der Waals surface area contributed by atoms with Gasteiger partial charge in [-0.2, -0.15) is 0 Å². The first-order chi connectivity index (χ1) is 5.91. The predicted molar refractivity (Wildman–Crippen MR) is 61.5 cm³/mol. The fourth-order valence-corrected chi connectivity index (χ4v) is 1.50. The van der Waals surface area contributed by atoms with E-state index in [0.29, 0.717) is 6.04 Å². The Morgan fingerprint density at radius 1 is 0.846 bits per heavy atom. The van der Waals surface area contributed by atoms with E-state index in [2.05, 4.69) is 46.5 Å². The van der Waals surface area contributed by atoms with Crippen LogP contribution in [0.1, 0.15) is 54.4 Å². The molecule has 0 aromatic rings. The fourth-order valence-electron chi connectivity index (χ4n) is 1.50. The van der Waals surface area contributed by atoms with Crippen molar-refractivity contribution in [2.45, 2.75) is 60.4 Å². The predicted octanol–water partition coefficient (Wildman–Crippen LogP) is 3.93. The summed E-state index contributed by atoms with van der Waals surface area (Å²) in [6.07, 6.45) is 2.33. The minimum Gasteiger partial charge on any atom is -0.291 e. The number of rotatable bonds is 5. The highest BCUT2D eigenvalue weighted by Gasteiger charge is 2.06. The van der Waals surface area contributed by atoms with Crippen LogP contribution >= 0.6 is 0 Å². The molecule has 0 atom stereocenters. The average molecular weight is 183 g/mol. The van der Waals surface area contributed by atoms with Gasteiger partial charge in [0.15, 0.2) is 0 Å². The SMILES string of the molecule is CC(C)CC(CC(C)C)=NC(C)C. The van der Waals surface area contributed by atoms with Gasteiger partial charge in [-0.3, -0.25) is 4.99 Å². The lowest BCUT2D eigenvalue weighted by molar-refractivity contribution is 0.627. The minimum atomic E-state index is 0.451. The Hall–Kier alpha value is -0.330. The molecule has 0 aromatic carbocycles. The Labute approximate surface area is 83.6 Å². The van der Waals surface area contributed by atoms with Crippen molar-refractivity contribution in [2.24, 2.45) is 16.8 Å². The molecule has 0 spiro atoms. The highest BCUT2D eigenvalue weighted by molar-refractivity contribution is 5.84. The Balaban J connectivity index is 4.19. The molecule has 13 heavy (non-hydrogen) atoms. The molecule has 0 fully saturated rings. The van der Waals surface area contributed by atoms with E-state index in [9.17, 15) is 0 Å². The monoisotopic (exact) mass is 183 g/mol. The third-order valence-electron chi connectivity index (χ3n) is 1.73. The molecule has 0 aliphatic rings. The number of hydrogen-bond acceptors (Lipinski definition) is 1. The number of hydrogen-bond donors (Lipinski definition) is 0. The van der Waals surface area contributed by atoms with Crippen LogP contribution in [0.15, 0.2) is 4.99 Å². The molecule has 0 saturated carbocycles.